The lowest BCUT2D eigenvalue weighted by atomic mass is 9.92. The second-order valence-corrected chi connectivity index (χ2v) is 7.30. The molecule has 0 spiro atoms. The molecular formula is C21H18Cl2N4O4. The molecule has 0 bridgehead atoms. The quantitative estimate of drug-likeness (QED) is 0.479. The number of methoxy groups -OCH3 is 1. The molecule has 31 heavy (non-hydrogen) atoms. The lowest BCUT2D eigenvalue weighted by Crippen LogP contribution is -2.40. The van der Waals surface area contributed by atoms with Crippen molar-refractivity contribution in [2.75, 3.05) is 20.3 Å². The van der Waals surface area contributed by atoms with Crippen LogP contribution in [0.1, 0.15) is 17.0 Å². The number of benzene rings is 2. The van der Waals surface area contributed by atoms with Gasteiger partial charge in [0.2, 0.25) is 0 Å². The zero-order chi connectivity index (χ0) is 22.4. The summed E-state index contributed by atoms with van der Waals surface area (Å²) in [6.45, 7) is 0.326. The minimum atomic E-state index is -0.678. The highest BCUT2D eigenvalue weighted by molar-refractivity contribution is 6.31. The predicted octanol–water partition coefficient (Wildman–Crippen LogP) is 2.98. The normalized spacial score (nSPS) is 11.8. The van der Waals surface area contributed by atoms with Gasteiger partial charge in [0.1, 0.15) is 12.9 Å². The molecule has 1 aromatic heterocycles. The van der Waals surface area contributed by atoms with Gasteiger partial charge < -0.3 is 9.47 Å². The monoisotopic (exact) mass is 460 g/mol. The first-order chi connectivity index (χ1) is 15.0. The zero-order valence-electron chi connectivity index (χ0n) is 16.5. The maximum Gasteiger partial charge on any atom is 0.354 e. The maximum atomic E-state index is 12.7. The van der Waals surface area contributed by atoms with Crippen molar-refractivity contribution in [1.82, 2.24) is 14.3 Å². The van der Waals surface area contributed by atoms with Gasteiger partial charge in [0, 0.05) is 17.2 Å². The molecule has 0 N–H and O–H groups in total. The van der Waals surface area contributed by atoms with Crippen LogP contribution in [0.25, 0.3) is 5.69 Å². The number of aromatic nitrogens is 3. The third-order valence-electron chi connectivity index (χ3n) is 4.49. The Bertz CT molecular complexity index is 1220. The minimum absolute atomic E-state index is 0.228. The Balaban J connectivity index is 1.94. The van der Waals surface area contributed by atoms with E-state index in [1.165, 1.54) is 13.2 Å². The van der Waals surface area contributed by atoms with Gasteiger partial charge in [-0.2, -0.15) is 15.0 Å². The highest BCUT2D eigenvalue weighted by Crippen LogP contribution is 2.31. The smallest absolute Gasteiger partial charge is 0.354 e. The zero-order valence-corrected chi connectivity index (χ0v) is 18.0. The summed E-state index contributed by atoms with van der Waals surface area (Å²) in [6, 6.07) is 13.9. The number of halogens is 2. The molecule has 10 heteroatoms. The van der Waals surface area contributed by atoms with E-state index in [1.807, 2.05) is 0 Å². The fourth-order valence-corrected chi connectivity index (χ4v) is 3.30. The Morgan fingerprint density at radius 1 is 1.13 bits per heavy atom. The van der Waals surface area contributed by atoms with E-state index in [-0.39, 0.29) is 18.4 Å². The Kier molecular flexibility index (Phi) is 7.60. The molecule has 0 radical (unpaired) electrons. The molecule has 1 heterocycles. The molecule has 3 aromatic rings. The van der Waals surface area contributed by atoms with Gasteiger partial charge >= 0.3 is 5.69 Å². The van der Waals surface area contributed by atoms with Gasteiger partial charge in [-0.3, -0.25) is 4.79 Å². The second kappa shape index (κ2) is 10.4. The molecule has 2 aromatic carbocycles. The molecular weight excluding hydrogens is 443 g/mol. The van der Waals surface area contributed by atoms with Crippen LogP contribution in [0.15, 0.2) is 58.3 Å². The van der Waals surface area contributed by atoms with Crippen molar-refractivity contribution < 1.29 is 9.47 Å². The first-order valence-corrected chi connectivity index (χ1v) is 9.92. The summed E-state index contributed by atoms with van der Waals surface area (Å²) in [6.07, 6.45) is 1.02. The van der Waals surface area contributed by atoms with E-state index in [2.05, 4.69) is 11.2 Å². The van der Waals surface area contributed by atoms with Gasteiger partial charge in [0.15, 0.2) is 0 Å². The molecule has 0 aliphatic rings. The third-order valence-corrected chi connectivity index (χ3v) is 5.07. The largest absolute Gasteiger partial charge is 0.382 e. The molecule has 3 rings (SSSR count). The molecule has 0 saturated carbocycles. The topological polar surface area (TPSA) is 99.1 Å². The van der Waals surface area contributed by atoms with Crippen LogP contribution in [-0.4, -0.2) is 34.7 Å². The van der Waals surface area contributed by atoms with Crippen LogP contribution < -0.4 is 11.2 Å². The number of hydrogen-bond acceptors (Lipinski definition) is 6. The van der Waals surface area contributed by atoms with Crippen molar-refractivity contribution in [1.29, 1.82) is 5.26 Å². The van der Waals surface area contributed by atoms with Crippen molar-refractivity contribution in [3.8, 4) is 11.8 Å². The second-order valence-electron chi connectivity index (χ2n) is 6.45. The van der Waals surface area contributed by atoms with Gasteiger partial charge in [-0.25, -0.2) is 9.36 Å². The van der Waals surface area contributed by atoms with Gasteiger partial charge in [-0.15, -0.1) is 0 Å². The first kappa shape index (κ1) is 22.7. The maximum absolute atomic E-state index is 12.7. The van der Waals surface area contributed by atoms with E-state index in [0.717, 1.165) is 21.0 Å². The Labute approximate surface area is 187 Å². The molecule has 160 valence electrons. The number of rotatable bonds is 8. The summed E-state index contributed by atoms with van der Waals surface area (Å²) < 4.78 is 12.1. The fraction of sp³-hybridized carbons (Fsp3) is 0.238. The highest BCUT2D eigenvalue weighted by atomic mass is 35.5. The minimum Gasteiger partial charge on any atom is -0.382 e. The fourth-order valence-electron chi connectivity index (χ4n) is 2.89. The van der Waals surface area contributed by atoms with Gasteiger partial charge in [0.05, 0.1) is 30.9 Å². The first-order valence-electron chi connectivity index (χ1n) is 9.17. The van der Waals surface area contributed by atoms with Crippen molar-refractivity contribution >= 4 is 23.2 Å². The Morgan fingerprint density at radius 3 is 2.52 bits per heavy atom. The van der Waals surface area contributed by atoms with Gasteiger partial charge in [-0.1, -0.05) is 41.4 Å². The molecule has 1 atom stereocenters. The van der Waals surface area contributed by atoms with E-state index in [1.54, 1.807) is 36.4 Å². The van der Waals surface area contributed by atoms with Crippen molar-refractivity contribution in [2.24, 2.45) is 0 Å². The van der Waals surface area contributed by atoms with Gasteiger partial charge in [0.25, 0.3) is 5.56 Å². The summed E-state index contributed by atoms with van der Waals surface area (Å²) in [5.41, 5.74) is 0.382. The lowest BCUT2D eigenvalue weighted by molar-refractivity contribution is 0.0300. The van der Waals surface area contributed by atoms with Crippen LogP contribution in [0.5, 0.6) is 0 Å². The molecule has 0 saturated heterocycles. The van der Waals surface area contributed by atoms with E-state index in [0.29, 0.717) is 22.9 Å². The molecule has 8 nitrogen and oxygen atoms in total. The highest BCUT2D eigenvalue weighted by Gasteiger charge is 2.18. The van der Waals surface area contributed by atoms with E-state index in [9.17, 15) is 14.9 Å². The van der Waals surface area contributed by atoms with Gasteiger partial charge in [-0.05, 0) is 35.4 Å². The molecule has 0 aliphatic heterocycles. The Hall–Kier alpha value is -2.96. The van der Waals surface area contributed by atoms with E-state index < -0.39 is 17.2 Å². The SMILES string of the molecule is COCCOCn1c(=O)cnn(-c2ccc(C(C#N)c3ccc(Cl)cc3)c(Cl)c2)c1=O. The molecule has 1 unspecified atom stereocenters. The van der Waals surface area contributed by atoms with Crippen LogP contribution in [0, 0.1) is 11.3 Å². The average molecular weight is 461 g/mol. The lowest BCUT2D eigenvalue weighted by Gasteiger charge is -2.14. The van der Waals surface area contributed by atoms with Crippen molar-refractivity contribution in [3.05, 3.63) is 90.7 Å². The van der Waals surface area contributed by atoms with Crippen molar-refractivity contribution in [2.45, 2.75) is 12.6 Å². The van der Waals surface area contributed by atoms with Crippen LogP contribution in [-0.2, 0) is 16.2 Å². The van der Waals surface area contributed by atoms with Crippen LogP contribution in [0.4, 0.5) is 0 Å². The van der Waals surface area contributed by atoms with E-state index >= 15 is 0 Å². The third kappa shape index (κ3) is 5.21. The number of hydrogen-bond donors (Lipinski definition) is 0. The summed E-state index contributed by atoms with van der Waals surface area (Å²) in [4.78, 5) is 24.8. The van der Waals surface area contributed by atoms with E-state index in [4.69, 9.17) is 32.7 Å². The van der Waals surface area contributed by atoms with Crippen LogP contribution in [0.3, 0.4) is 0 Å². The van der Waals surface area contributed by atoms with Crippen molar-refractivity contribution in [3.63, 3.8) is 0 Å². The standard InChI is InChI=1S/C21H18Cl2N4O4/c1-30-8-9-31-13-26-20(28)12-25-27(21(26)29)16-6-7-17(19(23)10-16)18(11-24)14-2-4-15(22)5-3-14/h2-7,10,12,18H,8-9,13H2,1H3. The number of ether oxygens (including phenoxy) is 2. The number of nitrogens with zero attached hydrogens (tertiary/aromatic N) is 4. The predicted molar refractivity (Wildman–Crippen MR) is 116 cm³/mol. The summed E-state index contributed by atoms with van der Waals surface area (Å²) in [5, 5.41) is 14.4. The van der Waals surface area contributed by atoms with Crippen LogP contribution >= 0.6 is 23.2 Å². The summed E-state index contributed by atoms with van der Waals surface area (Å²) in [5.74, 6) is -0.619. The molecule has 0 fully saturated rings. The number of nitriles is 1. The summed E-state index contributed by atoms with van der Waals surface area (Å²) in [7, 11) is 1.52. The molecule has 0 amide bonds. The van der Waals surface area contributed by atoms with Crippen LogP contribution in [0.2, 0.25) is 10.0 Å². The molecule has 0 aliphatic carbocycles. The average Bonchev–Trinajstić information content (AvgIpc) is 2.76. The Morgan fingerprint density at radius 2 is 1.87 bits per heavy atom. The summed E-state index contributed by atoms with van der Waals surface area (Å²) >= 11 is 12.4.